The van der Waals surface area contributed by atoms with Crippen molar-refractivity contribution in [2.45, 2.75) is 11.4 Å². The van der Waals surface area contributed by atoms with Crippen molar-refractivity contribution >= 4 is 38.0 Å². The molecule has 0 atom stereocenters. The highest BCUT2D eigenvalue weighted by atomic mass is 32.2. The second kappa shape index (κ2) is 11.3. The molecule has 7 nitrogen and oxygen atoms in total. The topological polar surface area (TPSA) is 99.6 Å². The summed E-state index contributed by atoms with van der Waals surface area (Å²) in [5, 5.41) is 10.9. The van der Waals surface area contributed by atoms with Crippen LogP contribution in [0.1, 0.15) is 16.7 Å². The van der Waals surface area contributed by atoms with Gasteiger partial charge < -0.3 is 0 Å². The zero-order chi connectivity index (χ0) is 27.2. The Morgan fingerprint density at radius 1 is 0.821 bits per heavy atom. The Labute approximate surface area is 226 Å². The van der Waals surface area contributed by atoms with E-state index in [1.54, 1.807) is 66.4 Å². The first kappa shape index (κ1) is 25.8. The molecule has 0 spiro atoms. The number of carbonyl (C=O) groups is 1. The van der Waals surface area contributed by atoms with E-state index in [2.05, 4.69) is 4.98 Å². The van der Waals surface area contributed by atoms with Gasteiger partial charge in [-0.1, -0.05) is 78.9 Å². The predicted octanol–water partition coefficient (Wildman–Crippen LogP) is 5.57. The van der Waals surface area contributed by atoms with Gasteiger partial charge in [-0.15, -0.1) is 0 Å². The van der Waals surface area contributed by atoms with Crippen LogP contribution in [0.2, 0.25) is 0 Å². The number of hydrogen-bond acceptors (Lipinski definition) is 5. The highest BCUT2D eigenvalue weighted by molar-refractivity contribution is 7.92. The van der Waals surface area contributed by atoms with Gasteiger partial charge in [-0.3, -0.25) is 19.3 Å². The van der Waals surface area contributed by atoms with Crippen LogP contribution in [-0.4, -0.2) is 24.5 Å². The second-order valence-corrected chi connectivity index (χ2v) is 10.7. The Morgan fingerprint density at radius 2 is 1.56 bits per heavy atom. The van der Waals surface area contributed by atoms with Gasteiger partial charge in [-0.2, -0.15) is 0 Å². The second-order valence-electron chi connectivity index (χ2n) is 8.83. The molecule has 0 aliphatic rings. The smallest absolute Gasteiger partial charge is 0.267 e. The monoisotopic (exact) mass is 535 g/mol. The summed E-state index contributed by atoms with van der Waals surface area (Å²) in [7, 11) is -4.01. The van der Waals surface area contributed by atoms with E-state index in [4.69, 9.17) is 5.21 Å². The van der Waals surface area contributed by atoms with E-state index in [1.165, 1.54) is 10.4 Å². The Kier molecular flexibility index (Phi) is 7.49. The zero-order valence-electron chi connectivity index (χ0n) is 20.8. The number of nitrogens with zero attached hydrogens (tertiary/aromatic N) is 2. The number of rotatable bonds is 8. The standard InChI is InChI=1S/C31H25N3O4S/c35-31(33-36)20-30(25-10-2-1-3-11-25)27-13-6-14-28(18-27)34(22-23-8-7-17-32-21-23)39(37,38)29-16-15-24-9-4-5-12-26(24)19-29/h1-21,36H,22H2,(H,33,35)/b30-20-. The van der Waals surface area contributed by atoms with E-state index in [-0.39, 0.29) is 11.4 Å². The molecule has 0 saturated carbocycles. The third-order valence-electron chi connectivity index (χ3n) is 6.27. The Morgan fingerprint density at radius 3 is 2.31 bits per heavy atom. The number of pyridine rings is 1. The molecule has 0 saturated heterocycles. The maximum Gasteiger partial charge on any atom is 0.267 e. The summed E-state index contributed by atoms with van der Waals surface area (Å²) in [5.74, 6) is -0.699. The van der Waals surface area contributed by atoms with Crippen LogP contribution in [0.5, 0.6) is 0 Å². The lowest BCUT2D eigenvalue weighted by Gasteiger charge is -2.25. The van der Waals surface area contributed by atoms with E-state index >= 15 is 0 Å². The first-order chi connectivity index (χ1) is 19.0. The van der Waals surface area contributed by atoms with Gasteiger partial charge in [-0.05, 0) is 63.4 Å². The van der Waals surface area contributed by atoms with E-state index in [1.807, 2.05) is 60.7 Å². The van der Waals surface area contributed by atoms with Crippen LogP contribution in [0.4, 0.5) is 5.69 Å². The minimum Gasteiger partial charge on any atom is -0.288 e. The van der Waals surface area contributed by atoms with Crippen LogP contribution < -0.4 is 9.79 Å². The number of amides is 1. The van der Waals surface area contributed by atoms with Gasteiger partial charge in [0.05, 0.1) is 17.1 Å². The number of benzene rings is 4. The number of aromatic nitrogens is 1. The molecule has 5 aromatic rings. The normalized spacial score (nSPS) is 11.8. The van der Waals surface area contributed by atoms with Crippen molar-refractivity contribution in [3.05, 3.63) is 144 Å². The first-order valence-corrected chi connectivity index (χ1v) is 13.6. The molecule has 39 heavy (non-hydrogen) atoms. The summed E-state index contributed by atoms with van der Waals surface area (Å²) in [5.41, 5.74) is 4.62. The molecule has 8 heteroatoms. The number of hydrogen-bond donors (Lipinski definition) is 2. The maximum absolute atomic E-state index is 14.1. The quantitative estimate of drug-likeness (QED) is 0.154. The van der Waals surface area contributed by atoms with Crippen molar-refractivity contribution in [3.63, 3.8) is 0 Å². The molecule has 0 aliphatic carbocycles. The third kappa shape index (κ3) is 5.72. The molecule has 0 bridgehead atoms. The molecular weight excluding hydrogens is 510 g/mol. The molecule has 1 heterocycles. The number of nitrogens with one attached hydrogen (secondary N) is 1. The molecule has 0 radical (unpaired) electrons. The third-order valence-corrected chi connectivity index (χ3v) is 8.04. The fourth-order valence-electron chi connectivity index (χ4n) is 4.37. The summed E-state index contributed by atoms with van der Waals surface area (Å²) < 4.78 is 29.6. The SMILES string of the molecule is O=C(/C=C(/c1ccccc1)c1cccc(N(Cc2cccnc2)S(=O)(=O)c2ccc3ccccc3c2)c1)NO. The minimum absolute atomic E-state index is 0.0496. The summed E-state index contributed by atoms with van der Waals surface area (Å²) in [6.45, 7) is 0.0496. The lowest BCUT2D eigenvalue weighted by Crippen LogP contribution is -2.30. The Bertz CT molecular complexity index is 1760. The van der Waals surface area contributed by atoms with Crippen LogP contribution in [-0.2, 0) is 21.4 Å². The molecular formula is C31H25N3O4S. The van der Waals surface area contributed by atoms with Crippen molar-refractivity contribution in [3.8, 4) is 0 Å². The lowest BCUT2D eigenvalue weighted by atomic mass is 9.97. The number of fused-ring (bicyclic) bond motifs is 1. The van der Waals surface area contributed by atoms with Crippen LogP contribution >= 0.6 is 0 Å². The van der Waals surface area contributed by atoms with Crippen LogP contribution in [0, 0.1) is 0 Å². The number of hydroxylamine groups is 1. The molecule has 4 aromatic carbocycles. The van der Waals surface area contributed by atoms with Crippen molar-refractivity contribution in [1.29, 1.82) is 0 Å². The van der Waals surface area contributed by atoms with Crippen LogP contribution in [0.15, 0.2) is 133 Å². The molecule has 0 fully saturated rings. The summed E-state index contributed by atoms with van der Waals surface area (Å²) in [4.78, 5) is 16.4. The first-order valence-electron chi connectivity index (χ1n) is 12.2. The van der Waals surface area contributed by atoms with Crippen molar-refractivity contribution in [2.75, 3.05) is 4.31 Å². The summed E-state index contributed by atoms with van der Waals surface area (Å²) in [6.07, 6.45) is 4.54. The van der Waals surface area contributed by atoms with Gasteiger partial charge in [0, 0.05) is 18.5 Å². The Hall–Kier alpha value is -4.79. The van der Waals surface area contributed by atoms with Crippen LogP contribution in [0.25, 0.3) is 16.3 Å². The number of carbonyl (C=O) groups excluding carboxylic acids is 1. The van der Waals surface area contributed by atoms with Gasteiger partial charge in [-0.25, -0.2) is 13.9 Å². The van der Waals surface area contributed by atoms with Crippen molar-refractivity contribution in [1.82, 2.24) is 10.5 Å². The fraction of sp³-hybridized carbons (Fsp3) is 0.0323. The number of anilines is 1. The van der Waals surface area contributed by atoms with Gasteiger partial charge in [0.25, 0.3) is 15.9 Å². The Balaban J connectivity index is 1.64. The predicted molar refractivity (Wildman–Crippen MR) is 151 cm³/mol. The average Bonchev–Trinajstić information content (AvgIpc) is 2.99. The molecule has 0 unspecified atom stereocenters. The van der Waals surface area contributed by atoms with Gasteiger partial charge in [0.2, 0.25) is 0 Å². The molecule has 5 rings (SSSR count). The molecule has 1 aromatic heterocycles. The highest BCUT2D eigenvalue weighted by Gasteiger charge is 2.26. The largest absolute Gasteiger partial charge is 0.288 e. The van der Waals surface area contributed by atoms with Gasteiger partial charge in [0.1, 0.15) is 0 Å². The molecule has 0 aliphatic heterocycles. The molecule has 194 valence electrons. The highest BCUT2D eigenvalue weighted by Crippen LogP contribution is 2.32. The average molecular weight is 536 g/mol. The van der Waals surface area contributed by atoms with Gasteiger partial charge in [0.15, 0.2) is 0 Å². The number of sulfonamides is 1. The zero-order valence-corrected chi connectivity index (χ0v) is 21.6. The fourth-order valence-corrected chi connectivity index (χ4v) is 5.85. The van der Waals surface area contributed by atoms with Crippen LogP contribution in [0.3, 0.4) is 0 Å². The molecule has 1 amide bonds. The molecule has 2 N–H and O–H groups in total. The van der Waals surface area contributed by atoms with E-state index < -0.39 is 15.9 Å². The van der Waals surface area contributed by atoms with Crippen molar-refractivity contribution < 1.29 is 18.4 Å². The minimum atomic E-state index is -4.01. The van der Waals surface area contributed by atoms with Crippen molar-refractivity contribution in [2.24, 2.45) is 0 Å². The summed E-state index contributed by atoms with van der Waals surface area (Å²) >= 11 is 0. The lowest BCUT2D eigenvalue weighted by molar-refractivity contribution is -0.124. The van der Waals surface area contributed by atoms with E-state index in [0.29, 0.717) is 22.4 Å². The van der Waals surface area contributed by atoms with Gasteiger partial charge >= 0.3 is 0 Å². The summed E-state index contributed by atoms with van der Waals surface area (Å²) in [6, 6.07) is 32.4. The maximum atomic E-state index is 14.1. The van der Waals surface area contributed by atoms with E-state index in [0.717, 1.165) is 16.3 Å². The van der Waals surface area contributed by atoms with E-state index in [9.17, 15) is 13.2 Å².